The highest BCUT2D eigenvalue weighted by Crippen LogP contribution is 2.42. The lowest BCUT2D eigenvalue weighted by Crippen LogP contribution is -2.43. The minimum Gasteiger partial charge on any atom is -0.456 e. The van der Waals surface area contributed by atoms with Crippen molar-refractivity contribution in [1.29, 1.82) is 5.26 Å². The number of aryl methyl sites for hydroxylation is 1. The van der Waals surface area contributed by atoms with Gasteiger partial charge in [-0.25, -0.2) is 4.98 Å². The van der Waals surface area contributed by atoms with Gasteiger partial charge in [-0.05, 0) is 74.0 Å². The first-order valence-electron chi connectivity index (χ1n) is 13.2. The number of benzene rings is 2. The predicted molar refractivity (Wildman–Crippen MR) is 142 cm³/mol. The molecule has 2 saturated heterocycles. The molecule has 1 amide bonds. The molecule has 0 bridgehead atoms. The highest BCUT2D eigenvalue weighted by molar-refractivity contribution is 5.88. The van der Waals surface area contributed by atoms with E-state index in [0.717, 1.165) is 68.4 Å². The maximum absolute atomic E-state index is 13.5. The summed E-state index contributed by atoms with van der Waals surface area (Å²) in [5.41, 5.74) is 2.64. The van der Waals surface area contributed by atoms with Crippen LogP contribution in [0.4, 0.5) is 0 Å². The molecule has 2 atom stereocenters. The van der Waals surface area contributed by atoms with Gasteiger partial charge in [0.25, 0.3) is 0 Å². The van der Waals surface area contributed by atoms with Crippen molar-refractivity contribution in [3.63, 3.8) is 0 Å². The first-order chi connectivity index (χ1) is 17.9. The Bertz CT molecular complexity index is 1330. The third-order valence-electron chi connectivity index (χ3n) is 8.33. The van der Waals surface area contributed by atoms with Crippen LogP contribution in [0.3, 0.4) is 0 Å². The maximum atomic E-state index is 13.5. The number of carbonyl (C=O) groups is 1. The highest BCUT2D eigenvalue weighted by atomic mass is 16.5. The molecule has 2 fully saturated rings. The molecule has 3 aromatic rings. The molecule has 7 heteroatoms. The Balaban J connectivity index is 1.53. The van der Waals surface area contributed by atoms with Crippen LogP contribution in [0.5, 0.6) is 11.5 Å². The van der Waals surface area contributed by atoms with Crippen LogP contribution in [0.1, 0.15) is 67.8 Å². The van der Waals surface area contributed by atoms with Crippen LogP contribution in [0.2, 0.25) is 0 Å². The van der Waals surface area contributed by atoms with Gasteiger partial charge in [-0.1, -0.05) is 31.5 Å². The van der Waals surface area contributed by atoms with E-state index in [0.29, 0.717) is 17.1 Å². The van der Waals surface area contributed by atoms with Crippen molar-refractivity contribution >= 4 is 5.91 Å². The number of amides is 1. The van der Waals surface area contributed by atoms with E-state index in [2.05, 4.69) is 23.3 Å². The van der Waals surface area contributed by atoms with E-state index in [4.69, 9.17) is 4.74 Å². The molecule has 0 radical (unpaired) electrons. The largest absolute Gasteiger partial charge is 0.456 e. The Morgan fingerprint density at radius 1 is 1.11 bits per heavy atom. The molecule has 1 aromatic heterocycles. The molecule has 2 aliphatic rings. The van der Waals surface area contributed by atoms with Crippen LogP contribution >= 0.6 is 0 Å². The van der Waals surface area contributed by atoms with E-state index in [-0.39, 0.29) is 11.4 Å². The van der Waals surface area contributed by atoms with Crippen molar-refractivity contribution in [2.75, 3.05) is 20.1 Å². The molecule has 37 heavy (non-hydrogen) atoms. The van der Waals surface area contributed by atoms with Crippen molar-refractivity contribution in [2.24, 2.45) is 7.05 Å². The molecule has 2 aliphatic heterocycles. The number of nitriles is 1. The van der Waals surface area contributed by atoms with Gasteiger partial charge in [-0.15, -0.1) is 0 Å². The summed E-state index contributed by atoms with van der Waals surface area (Å²) in [4.78, 5) is 19.7. The van der Waals surface area contributed by atoms with E-state index >= 15 is 0 Å². The van der Waals surface area contributed by atoms with Crippen LogP contribution in [-0.4, -0.2) is 40.5 Å². The number of carbonyl (C=O) groups excluding carboxylic acids is 1. The number of hydrogen-bond acceptors (Lipinski definition) is 5. The average Bonchev–Trinajstić information content (AvgIpc) is 3.55. The third kappa shape index (κ3) is 4.30. The van der Waals surface area contributed by atoms with Gasteiger partial charge < -0.3 is 19.5 Å². The summed E-state index contributed by atoms with van der Waals surface area (Å²) in [5, 5.41) is 13.6. The van der Waals surface area contributed by atoms with Crippen molar-refractivity contribution in [3.8, 4) is 17.6 Å². The van der Waals surface area contributed by atoms with Crippen LogP contribution in [-0.2, 0) is 22.8 Å². The van der Waals surface area contributed by atoms with Crippen molar-refractivity contribution in [3.05, 3.63) is 77.4 Å². The van der Waals surface area contributed by atoms with Crippen LogP contribution in [0, 0.1) is 11.3 Å². The molecular formula is C30H35N5O2. The minimum absolute atomic E-state index is 0.176. The fraction of sp³-hybridized carbons (Fsp3) is 0.433. The number of rotatable bonds is 6. The number of likely N-dealkylation sites (N-methyl/N-ethyl adjacent to an activating group) is 1. The molecule has 1 N–H and O–H groups in total. The lowest BCUT2D eigenvalue weighted by molar-refractivity contribution is -0.135. The lowest BCUT2D eigenvalue weighted by Gasteiger charge is -2.33. The number of ether oxygens (including phenoxy) is 1. The van der Waals surface area contributed by atoms with Gasteiger partial charge in [0.1, 0.15) is 17.6 Å². The Labute approximate surface area is 219 Å². The highest BCUT2D eigenvalue weighted by Gasteiger charge is 2.42. The second-order valence-corrected chi connectivity index (χ2v) is 10.4. The summed E-state index contributed by atoms with van der Waals surface area (Å²) in [7, 11) is 3.91. The first-order valence-corrected chi connectivity index (χ1v) is 13.2. The quantitative estimate of drug-likeness (QED) is 0.518. The average molecular weight is 498 g/mol. The normalized spacial score (nSPS) is 24.1. The Morgan fingerprint density at radius 2 is 1.97 bits per heavy atom. The lowest BCUT2D eigenvalue weighted by atomic mass is 9.73. The Hall–Kier alpha value is -3.63. The van der Waals surface area contributed by atoms with Gasteiger partial charge in [0.05, 0.1) is 34.7 Å². The molecule has 0 spiro atoms. The molecule has 192 valence electrons. The molecule has 3 heterocycles. The van der Waals surface area contributed by atoms with Gasteiger partial charge in [-0.3, -0.25) is 4.79 Å². The zero-order valence-electron chi connectivity index (χ0n) is 22.0. The zero-order chi connectivity index (χ0) is 26.0. The number of likely N-dealkylation sites (tertiary alicyclic amines) is 1. The number of nitrogens with one attached hydrogen (secondary N) is 1. The summed E-state index contributed by atoms with van der Waals surface area (Å²) in [6, 6.07) is 16.0. The zero-order valence-corrected chi connectivity index (χ0v) is 22.0. The minimum atomic E-state index is -0.554. The topological polar surface area (TPSA) is 83.2 Å². The van der Waals surface area contributed by atoms with E-state index in [1.807, 2.05) is 78.6 Å². The van der Waals surface area contributed by atoms with Crippen molar-refractivity contribution in [1.82, 2.24) is 19.8 Å². The SMILES string of the molecule is CC[C@@]1(c2cccc(Oc3cc([C@@]4(c5cncn5C)CCCN4)ccc3C#N)c2)CCCCN(C)C1=O. The van der Waals surface area contributed by atoms with Gasteiger partial charge >= 0.3 is 0 Å². The molecule has 0 unspecified atom stereocenters. The number of aromatic nitrogens is 2. The van der Waals surface area contributed by atoms with Crippen molar-refractivity contribution < 1.29 is 9.53 Å². The van der Waals surface area contributed by atoms with Crippen LogP contribution in [0.25, 0.3) is 0 Å². The fourth-order valence-corrected chi connectivity index (χ4v) is 6.22. The summed E-state index contributed by atoms with van der Waals surface area (Å²) >= 11 is 0. The van der Waals surface area contributed by atoms with E-state index < -0.39 is 5.41 Å². The number of imidazole rings is 1. The van der Waals surface area contributed by atoms with Gasteiger partial charge in [0, 0.05) is 20.6 Å². The Kier molecular flexibility index (Phi) is 6.78. The molecular weight excluding hydrogens is 462 g/mol. The summed E-state index contributed by atoms with van der Waals surface area (Å²) in [6.07, 6.45) is 9.30. The molecule has 7 nitrogen and oxygen atoms in total. The van der Waals surface area contributed by atoms with Gasteiger partial charge in [-0.2, -0.15) is 5.26 Å². The van der Waals surface area contributed by atoms with E-state index in [1.165, 1.54) is 0 Å². The molecule has 2 aromatic carbocycles. The molecule has 0 aliphatic carbocycles. The standard InChI is InChI=1S/C30H35N5O2/c1-4-29(13-5-6-16-34(2)28(29)36)23-9-7-10-25(17-23)37-26-18-24(12-11-22(26)19-31)30(14-8-15-33-30)27-20-32-21-35(27)3/h7,9-12,17-18,20-21,33H,4-6,8,13-16H2,1-3H3/t29-,30+/m0/s1. The predicted octanol–water partition coefficient (Wildman–Crippen LogP) is 5.00. The van der Waals surface area contributed by atoms with Crippen LogP contribution in [0.15, 0.2) is 55.0 Å². The second-order valence-electron chi connectivity index (χ2n) is 10.4. The van der Waals surface area contributed by atoms with Gasteiger partial charge in [0.15, 0.2) is 0 Å². The first kappa shape index (κ1) is 25.0. The monoisotopic (exact) mass is 497 g/mol. The summed E-state index contributed by atoms with van der Waals surface area (Å²) < 4.78 is 8.46. The summed E-state index contributed by atoms with van der Waals surface area (Å²) in [6.45, 7) is 3.79. The van der Waals surface area contributed by atoms with E-state index in [9.17, 15) is 10.1 Å². The smallest absolute Gasteiger partial charge is 0.232 e. The summed E-state index contributed by atoms with van der Waals surface area (Å²) in [5.74, 6) is 1.32. The van der Waals surface area contributed by atoms with E-state index in [1.54, 1.807) is 0 Å². The van der Waals surface area contributed by atoms with Crippen molar-refractivity contribution in [2.45, 2.75) is 56.4 Å². The molecule has 0 saturated carbocycles. The van der Waals surface area contributed by atoms with Gasteiger partial charge in [0.2, 0.25) is 5.91 Å². The third-order valence-corrected chi connectivity index (χ3v) is 8.33. The van der Waals surface area contributed by atoms with Crippen LogP contribution < -0.4 is 10.1 Å². The Morgan fingerprint density at radius 3 is 2.68 bits per heavy atom. The maximum Gasteiger partial charge on any atom is 0.232 e. The molecule has 5 rings (SSSR count). The number of nitrogens with zero attached hydrogens (tertiary/aromatic N) is 4. The number of hydrogen-bond donors (Lipinski definition) is 1. The fourth-order valence-electron chi connectivity index (χ4n) is 6.22. The second kappa shape index (κ2) is 10.0.